The monoisotopic (exact) mass is 799 g/mol. The number of hydrogen-bond donors (Lipinski definition) is 5. The maximum absolute atomic E-state index is 12.9. The molecule has 4 heterocycles. The van der Waals surface area contributed by atoms with Crippen LogP contribution in [0.25, 0.3) is 0 Å². The third-order valence-electron chi connectivity index (χ3n) is 10.9. The van der Waals surface area contributed by atoms with Crippen LogP contribution in [-0.4, -0.2) is 101 Å². The van der Waals surface area contributed by atoms with Crippen molar-refractivity contribution < 1.29 is 38.3 Å². The number of unbranched alkanes of at least 4 members (excludes halogenated alkanes) is 4. The van der Waals surface area contributed by atoms with E-state index in [1.54, 1.807) is 18.2 Å². The lowest BCUT2D eigenvalue weighted by Gasteiger charge is -2.16. The number of amides is 5. The highest BCUT2D eigenvalue weighted by atomic mass is 32.2. The van der Waals surface area contributed by atoms with Crippen molar-refractivity contribution in [2.75, 3.05) is 25.2 Å². The van der Waals surface area contributed by atoms with Gasteiger partial charge in [-0.05, 0) is 68.2 Å². The molecule has 0 radical (unpaired) electrons. The molecule has 13 nitrogen and oxygen atoms in total. The Morgan fingerprint density at radius 1 is 0.636 bits per heavy atom. The average molecular weight is 800 g/mol. The molecular weight excluding hydrogens is 743 g/mol. The van der Waals surface area contributed by atoms with Gasteiger partial charge in [-0.15, -0.1) is 0 Å². The average Bonchev–Trinajstić information content (AvgIpc) is 3.91. The zero-order valence-electron chi connectivity index (χ0n) is 31.9. The van der Waals surface area contributed by atoms with Crippen LogP contribution < -0.4 is 26.6 Å². The van der Waals surface area contributed by atoms with Crippen LogP contribution in [0.4, 0.5) is 9.59 Å². The smallest absolute Gasteiger partial charge is 0.337 e. The van der Waals surface area contributed by atoms with Crippen LogP contribution in [0.3, 0.4) is 0 Å². The molecule has 0 aromatic heterocycles. The van der Waals surface area contributed by atoms with E-state index in [1.807, 2.05) is 23.5 Å². The number of ether oxygens (including phenoxy) is 1. The SMILES string of the molecule is COC(=O)c1cc(CC(=O)CCCCCC(=O)CCCCC2SCC3NC(=O)NC32)cc(CC(=O)CCCNC(=O)CCCCC2SCC3NC(=O)NC32)c1. The lowest BCUT2D eigenvalue weighted by molar-refractivity contribution is -0.122. The Hall–Kier alpha value is -3.59. The Labute approximate surface area is 332 Å². The molecule has 4 aliphatic heterocycles. The van der Waals surface area contributed by atoms with Crippen molar-refractivity contribution >= 4 is 64.8 Å². The largest absolute Gasteiger partial charge is 0.465 e. The molecule has 4 aliphatic rings. The first-order valence-corrected chi connectivity index (χ1v) is 22.1. The van der Waals surface area contributed by atoms with Crippen molar-refractivity contribution in [1.82, 2.24) is 26.6 Å². The van der Waals surface area contributed by atoms with Crippen LogP contribution in [0.2, 0.25) is 0 Å². The number of Topliss-reactive ketones (excluding diaryl/α,β-unsaturated/α-hetero) is 3. The summed E-state index contributed by atoms with van der Waals surface area (Å²) in [7, 11) is 1.29. The van der Waals surface area contributed by atoms with E-state index in [0.29, 0.717) is 72.3 Å². The number of hydrogen-bond acceptors (Lipinski definition) is 10. The topological polar surface area (TPSA) is 189 Å². The lowest BCUT2D eigenvalue weighted by atomic mass is 9.96. The van der Waals surface area contributed by atoms with E-state index < -0.39 is 5.97 Å². The number of methoxy groups -OCH3 is 1. The molecule has 0 aliphatic carbocycles. The molecule has 5 rings (SSSR count). The van der Waals surface area contributed by atoms with Gasteiger partial charge in [0.15, 0.2) is 0 Å². The van der Waals surface area contributed by atoms with Gasteiger partial charge in [-0.25, -0.2) is 14.4 Å². The first kappa shape index (κ1) is 42.6. The fraction of sp³-hybridized carbons (Fsp3) is 0.675. The zero-order chi connectivity index (χ0) is 39.2. The minimum absolute atomic E-state index is 0.0217. The number of rotatable bonds is 25. The highest BCUT2D eigenvalue weighted by molar-refractivity contribution is 8.00. The molecule has 15 heteroatoms. The van der Waals surface area contributed by atoms with Crippen molar-refractivity contribution in [2.24, 2.45) is 0 Å². The molecule has 302 valence electrons. The van der Waals surface area contributed by atoms with E-state index in [9.17, 15) is 33.6 Å². The fourth-order valence-corrected chi connectivity index (χ4v) is 11.1. The number of ketones is 3. The third kappa shape index (κ3) is 13.5. The second kappa shape index (κ2) is 21.6. The third-order valence-corrected chi connectivity index (χ3v) is 13.9. The van der Waals surface area contributed by atoms with Gasteiger partial charge in [0, 0.05) is 73.5 Å². The van der Waals surface area contributed by atoms with Crippen LogP contribution in [0.5, 0.6) is 0 Å². The second-order valence-electron chi connectivity index (χ2n) is 15.2. The van der Waals surface area contributed by atoms with Gasteiger partial charge in [0.2, 0.25) is 5.91 Å². The lowest BCUT2D eigenvalue weighted by Crippen LogP contribution is -2.36. The molecule has 0 spiro atoms. The van der Waals surface area contributed by atoms with E-state index in [4.69, 9.17) is 4.74 Å². The maximum Gasteiger partial charge on any atom is 0.337 e. The minimum Gasteiger partial charge on any atom is -0.465 e. The molecule has 4 saturated heterocycles. The van der Waals surface area contributed by atoms with Crippen molar-refractivity contribution in [1.29, 1.82) is 0 Å². The Morgan fingerprint density at radius 2 is 1.13 bits per heavy atom. The van der Waals surface area contributed by atoms with Gasteiger partial charge in [-0.3, -0.25) is 19.2 Å². The van der Waals surface area contributed by atoms with Crippen molar-refractivity contribution in [3.05, 3.63) is 34.9 Å². The van der Waals surface area contributed by atoms with Crippen LogP contribution in [-0.2, 0) is 36.8 Å². The Morgan fingerprint density at radius 3 is 1.67 bits per heavy atom. The molecule has 4 fully saturated rings. The number of esters is 1. The first-order valence-electron chi connectivity index (χ1n) is 20.0. The van der Waals surface area contributed by atoms with Gasteiger partial charge in [0.25, 0.3) is 0 Å². The number of thioether (sulfide) groups is 2. The molecule has 1 aromatic rings. The Balaban J connectivity index is 0.914. The second-order valence-corrected chi connectivity index (χ2v) is 17.8. The van der Waals surface area contributed by atoms with E-state index in [0.717, 1.165) is 62.9 Å². The highest BCUT2D eigenvalue weighted by Gasteiger charge is 2.43. The van der Waals surface area contributed by atoms with Crippen molar-refractivity contribution in [2.45, 2.75) is 144 Å². The van der Waals surface area contributed by atoms with E-state index in [2.05, 4.69) is 26.6 Å². The van der Waals surface area contributed by atoms with Gasteiger partial charge in [-0.1, -0.05) is 25.3 Å². The summed E-state index contributed by atoms with van der Waals surface area (Å²) in [6.45, 7) is 0.405. The predicted molar refractivity (Wildman–Crippen MR) is 213 cm³/mol. The Kier molecular flexibility index (Phi) is 16.7. The van der Waals surface area contributed by atoms with Gasteiger partial charge < -0.3 is 31.3 Å². The molecule has 6 atom stereocenters. The Bertz CT molecular complexity index is 1560. The summed E-state index contributed by atoms with van der Waals surface area (Å²) in [4.78, 5) is 85.9. The standard InChI is InChI=1S/C40H57N5O8S2/c1-53-38(50)27-19-25(21-29(47)12-4-2-3-10-28(46)11-5-6-14-33-36-31(23-54-33)42-39(51)44-36)18-26(20-27)22-30(48)13-9-17-41-35(49)16-8-7-15-34-37-32(24-55-34)43-40(52)45-37/h18-20,31-34,36-37H,2-17,21-24H2,1H3,(H,41,49)(H2,42,44,51)(H2,43,45,52). The van der Waals surface area contributed by atoms with Gasteiger partial charge in [-0.2, -0.15) is 23.5 Å². The molecule has 55 heavy (non-hydrogen) atoms. The normalized spacial score (nSPS) is 23.6. The van der Waals surface area contributed by atoms with Crippen molar-refractivity contribution in [3.8, 4) is 0 Å². The summed E-state index contributed by atoms with van der Waals surface area (Å²) >= 11 is 3.76. The minimum atomic E-state index is -0.533. The number of benzene rings is 1. The van der Waals surface area contributed by atoms with Crippen LogP contribution in [0.1, 0.15) is 118 Å². The fourth-order valence-electron chi connectivity index (χ4n) is 7.97. The maximum atomic E-state index is 12.9. The summed E-state index contributed by atoms with van der Waals surface area (Å²) in [6.07, 6.45) is 10.6. The summed E-state index contributed by atoms with van der Waals surface area (Å²) in [6, 6.07) is 5.70. The van der Waals surface area contributed by atoms with Crippen LogP contribution >= 0.6 is 23.5 Å². The quantitative estimate of drug-likeness (QED) is 0.0533. The van der Waals surface area contributed by atoms with Crippen LogP contribution in [0.15, 0.2) is 18.2 Å². The number of fused-ring (bicyclic) bond motifs is 2. The van der Waals surface area contributed by atoms with E-state index >= 15 is 0 Å². The number of urea groups is 2. The van der Waals surface area contributed by atoms with E-state index in [-0.39, 0.29) is 78.7 Å². The molecule has 5 amide bonds. The molecule has 0 bridgehead atoms. The van der Waals surface area contributed by atoms with Crippen molar-refractivity contribution in [3.63, 3.8) is 0 Å². The van der Waals surface area contributed by atoms with Gasteiger partial charge in [0.05, 0.1) is 36.8 Å². The summed E-state index contributed by atoms with van der Waals surface area (Å²) in [5, 5.41) is 15.6. The molecule has 1 aromatic carbocycles. The summed E-state index contributed by atoms with van der Waals surface area (Å²) in [5.41, 5.74) is 1.60. The predicted octanol–water partition coefficient (Wildman–Crippen LogP) is 4.56. The molecule has 6 unspecified atom stereocenters. The number of carbonyl (C=O) groups excluding carboxylic acids is 7. The number of carbonyl (C=O) groups is 7. The van der Waals surface area contributed by atoms with E-state index in [1.165, 1.54) is 7.11 Å². The molecule has 0 saturated carbocycles. The van der Waals surface area contributed by atoms with Gasteiger partial charge >= 0.3 is 18.0 Å². The molecule has 5 N–H and O–H groups in total. The summed E-state index contributed by atoms with van der Waals surface area (Å²) < 4.78 is 4.91. The zero-order valence-corrected chi connectivity index (χ0v) is 33.6. The number of nitrogens with one attached hydrogen (secondary N) is 5. The molecular formula is C40H57N5O8S2. The van der Waals surface area contributed by atoms with Crippen LogP contribution in [0, 0.1) is 0 Å². The summed E-state index contributed by atoms with van der Waals surface area (Å²) in [5.74, 6) is 1.56. The highest BCUT2D eigenvalue weighted by Crippen LogP contribution is 2.34. The first-order chi connectivity index (χ1) is 26.6. The van der Waals surface area contributed by atoms with Gasteiger partial charge in [0.1, 0.15) is 17.3 Å².